The number of carbonyl (C=O) groups is 1. The number of amides is 1. The second kappa shape index (κ2) is 8.50. The zero-order valence-corrected chi connectivity index (χ0v) is 11.5. The number of rotatable bonds is 8. The topological polar surface area (TPSA) is 64.8 Å². The molecule has 0 aromatic heterocycles. The Morgan fingerprint density at radius 1 is 1.32 bits per heavy atom. The number of nitrogens with zero attached hydrogens (tertiary/aromatic N) is 1. The standard InChI is InChI=1S/C14H22N2O3/c1-16(14(17)13(15)8-10-18-2)9-11-19-12-6-4-3-5-7-12/h3-7,13H,8-11,15H2,1-2H3. The summed E-state index contributed by atoms with van der Waals surface area (Å²) in [4.78, 5) is 13.5. The van der Waals surface area contributed by atoms with Crippen molar-refractivity contribution in [3.8, 4) is 5.75 Å². The normalized spacial score (nSPS) is 11.9. The number of benzene rings is 1. The van der Waals surface area contributed by atoms with Crippen molar-refractivity contribution in [2.75, 3.05) is 33.9 Å². The average molecular weight is 266 g/mol. The molecular weight excluding hydrogens is 244 g/mol. The van der Waals surface area contributed by atoms with Gasteiger partial charge in [0.15, 0.2) is 0 Å². The minimum atomic E-state index is -0.512. The lowest BCUT2D eigenvalue weighted by atomic mass is 10.2. The van der Waals surface area contributed by atoms with Crippen LogP contribution in [0.25, 0.3) is 0 Å². The van der Waals surface area contributed by atoms with E-state index in [0.29, 0.717) is 26.2 Å². The molecule has 1 aromatic carbocycles. The van der Waals surface area contributed by atoms with Gasteiger partial charge in [0.2, 0.25) is 5.91 Å². The van der Waals surface area contributed by atoms with E-state index in [1.165, 1.54) is 0 Å². The summed E-state index contributed by atoms with van der Waals surface area (Å²) in [6.45, 7) is 1.44. The van der Waals surface area contributed by atoms with Crippen LogP contribution in [-0.4, -0.2) is 50.8 Å². The van der Waals surface area contributed by atoms with Crippen LogP contribution in [0, 0.1) is 0 Å². The smallest absolute Gasteiger partial charge is 0.239 e. The number of hydrogen-bond acceptors (Lipinski definition) is 4. The van der Waals surface area contributed by atoms with Gasteiger partial charge in [0.25, 0.3) is 0 Å². The van der Waals surface area contributed by atoms with Gasteiger partial charge in [0.05, 0.1) is 12.6 Å². The summed E-state index contributed by atoms with van der Waals surface area (Å²) in [5, 5.41) is 0. The third kappa shape index (κ3) is 5.72. The van der Waals surface area contributed by atoms with Gasteiger partial charge >= 0.3 is 0 Å². The van der Waals surface area contributed by atoms with E-state index in [1.807, 2.05) is 30.3 Å². The maximum absolute atomic E-state index is 11.9. The fourth-order valence-electron chi connectivity index (χ4n) is 1.58. The van der Waals surface area contributed by atoms with Gasteiger partial charge in [-0.05, 0) is 18.6 Å². The monoisotopic (exact) mass is 266 g/mol. The largest absolute Gasteiger partial charge is 0.492 e. The summed E-state index contributed by atoms with van der Waals surface area (Å²) in [5.41, 5.74) is 5.78. The van der Waals surface area contributed by atoms with E-state index in [4.69, 9.17) is 15.2 Å². The van der Waals surface area contributed by atoms with Crippen molar-refractivity contribution in [1.82, 2.24) is 4.90 Å². The van der Waals surface area contributed by atoms with Crippen LogP contribution in [0.15, 0.2) is 30.3 Å². The molecule has 1 amide bonds. The number of carbonyl (C=O) groups excluding carboxylic acids is 1. The molecule has 0 aliphatic heterocycles. The van der Waals surface area contributed by atoms with Gasteiger partial charge in [-0.1, -0.05) is 18.2 Å². The Balaban J connectivity index is 2.26. The molecule has 0 fully saturated rings. The van der Waals surface area contributed by atoms with Crippen molar-refractivity contribution in [2.45, 2.75) is 12.5 Å². The molecule has 1 rings (SSSR count). The second-order valence-electron chi connectivity index (χ2n) is 4.31. The minimum Gasteiger partial charge on any atom is -0.492 e. The summed E-state index contributed by atoms with van der Waals surface area (Å²) >= 11 is 0. The summed E-state index contributed by atoms with van der Waals surface area (Å²) in [6, 6.07) is 8.99. The Bertz CT molecular complexity index is 370. The van der Waals surface area contributed by atoms with E-state index in [1.54, 1.807) is 19.1 Å². The van der Waals surface area contributed by atoms with E-state index < -0.39 is 6.04 Å². The van der Waals surface area contributed by atoms with E-state index in [-0.39, 0.29) is 5.91 Å². The maximum atomic E-state index is 11.9. The number of likely N-dealkylation sites (N-methyl/N-ethyl adjacent to an activating group) is 1. The van der Waals surface area contributed by atoms with Crippen molar-refractivity contribution in [2.24, 2.45) is 5.73 Å². The Morgan fingerprint density at radius 3 is 2.63 bits per heavy atom. The van der Waals surface area contributed by atoms with Crippen LogP contribution in [0.1, 0.15) is 6.42 Å². The first-order valence-corrected chi connectivity index (χ1v) is 6.32. The van der Waals surface area contributed by atoms with E-state index >= 15 is 0 Å². The maximum Gasteiger partial charge on any atom is 0.239 e. The fourth-order valence-corrected chi connectivity index (χ4v) is 1.58. The summed E-state index contributed by atoms with van der Waals surface area (Å²) in [7, 11) is 3.32. The van der Waals surface area contributed by atoms with Crippen LogP contribution in [-0.2, 0) is 9.53 Å². The van der Waals surface area contributed by atoms with Crippen LogP contribution in [0.3, 0.4) is 0 Å². The van der Waals surface area contributed by atoms with Gasteiger partial charge in [0.1, 0.15) is 12.4 Å². The van der Waals surface area contributed by atoms with Crippen LogP contribution >= 0.6 is 0 Å². The van der Waals surface area contributed by atoms with Crippen LogP contribution in [0.4, 0.5) is 0 Å². The van der Waals surface area contributed by atoms with Crippen molar-refractivity contribution in [1.29, 1.82) is 0 Å². The molecular formula is C14H22N2O3. The zero-order valence-electron chi connectivity index (χ0n) is 11.5. The van der Waals surface area contributed by atoms with Gasteiger partial charge in [-0.2, -0.15) is 0 Å². The predicted octanol–water partition coefficient (Wildman–Crippen LogP) is 0.888. The van der Waals surface area contributed by atoms with Crippen molar-refractivity contribution >= 4 is 5.91 Å². The molecule has 0 saturated carbocycles. The van der Waals surface area contributed by atoms with Crippen molar-refractivity contribution < 1.29 is 14.3 Å². The summed E-state index contributed by atoms with van der Waals surface area (Å²) in [5.74, 6) is 0.709. The first-order valence-electron chi connectivity index (χ1n) is 6.32. The molecule has 5 heteroatoms. The van der Waals surface area contributed by atoms with E-state index in [2.05, 4.69) is 0 Å². The van der Waals surface area contributed by atoms with Crippen LogP contribution < -0.4 is 10.5 Å². The first kappa shape index (κ1) is 15.5. The third-order valence-corrected chi connectivity index (χ3v) is 2.77. The molecule has 1 unspecified atom stereocenters. The molecule has 0 saturated heterocycles. The minimum absolute atomic E-state index is 0.0892. The molecule has 0 heterocycles. The van der Waals surface area contributed by atoms with Crippen LogP contribution in [0.5, 0.6) is 5.75 Å². The lowest BCUT2D eigenvalue weighted by Gasteiger charge is -2.21. The van der Waals surface area contributed by atoms with Gasteiger partial charge in [-0.25, -0.2) is 0 Å². The molecule has 5 nitrogen and oxygen atoms in total. The number of methoxy groups -OCH3 is 1. The quantitative estimate of drug-likeness (QED) is 0.759. The number of hydrogen-bond donors (Lipinski definition) is 1. The Kier molecular flexibility index (Phi) is 6.92. The van der Waals surface area contributed by atoms with Gasteiger partial charge in [-0.3, -0.25) is 4.79 Å². The predicted molar refractivity (Wildman–Crippen MR) is 74.0 cm³/mol. The van der Waals surface area contributed by atoms with Gasteiger partial charge in [0, 0.05) is 20.8 Å². The molecule has 0 aliphatic rings. The Hall–Kier alpha value is -1.59. The zero-order chi connectivity index (χ0) is 14.1. The van der Waals surface area contributed by atoms with Crippen molar-refractivity contribution in [3.05, 3.63) is 30.3 Å². The molecule has 0 spiro atoms. The molecule has 0 radical (unpaired) electrons. The Morgan fingerprint density at radius 2 is 2.00 bits per heavy atom. The Labute approximate surface area is 114 Å². The SMILES string of the molecule is COCCC(N)C(=O)N(C)CCOc1ccccc1. The molecule has 106 valence electrons. The van der Waals surface area contributed by atoms with Crippen molar-refractivity contribution in [3.63, 3.8) is 0 Å². The number of para-hydroxylation sites is 1. The number of ether oxygens (including phenoxy) is 2. The molecule has 1 aromatic rings. The summed E-state index contributed by atoms with van der Waals surface area (Å²) < 4.78 is 10.4. The molecule has 0 aliphatic carbocycles. The lowest BCUT2D eigenvalue weighted by molar-refractivity contribution is -0.132. The van der Waals surface area contributed by atoms with Gasteiger partial charge < -0.3 is 20.1 Å². The second-order valence-corrected chi connectivity index (χ2v) is 4.31. The number of nitrogens with two attached hydrogens (primary N) is 1. The highest BCUT2D eigenvalue weighted by atomic mass is 16.5. The highest BCUT2D eigenvalue weighted by molar-refractivity contribution is 5.81. The molecule has 0 bridgehead atoms. The highest BCUT2D eigenvalue weighted by Gasteiger charge is 2.17. The first-order chi connectivity index (χ1) is 9.15. The fraction of sp³-hybridized carbons (Fsp3) is 0.500. The van der Waals surface area contributed by atoms with Crippen LogP contribution in [0.2, 0.25) is 0 Å². The molecule has 1 atom stereocenters. The molecule has 2 N–H and O–H groups in total. The van der Waals surface area contributed by atoms with E-state index in [0.717, 1.165) is 5.75 Å². The molecule has 19 heavy (non-hydrogen) atoms. The average Bonchev–Trinajstić information content (AvgIpc) is 2.44. The summed E-state index contributed by atoms with van der Waals surface area (Å²) in [6.07, 6.45) is 0.527. The lowest BCUT2D eigenvalue weighted by Crippen LogP contribution is -2.43. The van der Waals surface area contributed by atoms with Gasteiger partial charge in [-0.15, -0.1) is 0 Å². The van der Waals surface area contributed by atoms with E-state index in [9.17, 15) is 4.79 Å². The highest BCUT2D eigenvalue weighted by Crippen LogP contribution is 2.07. The third-order valence-electron chi connectivity index (χ3n) is 2.77.